The number of likely N-dealkylation sites (tertiary alicyclic amines) is 1. The Morgan fingerprint density at radius 1 is 1.33 bits per heavy atom. The summed E-state index contributed by atoms with van der Waals surface area (Å²) in [5.41, 5.74) is 2.25. The standard InChI is InChI=1S/C12H25N3O3/c1-10(2)13-12(17)14-18-9-11(16)8-15-6-4-3-5-7-15/h10-11,16H,3-9H2,1-2H3,(H2,13,14,17). The molecule has 0 radical (unpaired) electrons. The van der Waals surface area contributed by atoms with Crippen LogP contribution in [0.15, 0.2) is 0 Å². The number of amides is 2. The highest BCUT2D eigenvalue weighted by molar-refractivity contribution is 5.72. The van der Waals surface area contributed by atoms with Crippen molar-refractivity contribution in [1.29, 1.82) is 0 Å². The average Bonchev–Trinajstić information content (AvgIpc) is 2.29. The van der Waals surface area contributed by atoms with Gasteiger partial charge >= 0.3 is 6.03 Å². The fourth-order valence-corrected chi connectivity index (χ4v) is 1.99. The minimum absolute atomic E-state index is 0.0619. The molecule has 1 saturated heterocycles. The molecule has 1 fully saturated rings. The summed E-state index contributed by atoms with van der Waals surface area (Å²) < 4.78 is 0. The van der Waals surface area contributed by atoms with Gasteiger partial charge in [0.1, 0.15) is 6.61 Å². The van der Waals surface area contributed by atoms with E-state index in [-0.39, 0.29) is 18.7 Å². The van der Waals surface area contributed by atoms with E-state index in [2.05, 4.69) is 15.7 Å². The Labute approximate surface area is 109 Å². The molecule has 1 rings (SSSR count). The summed E-state index contributed by atoms with van der Waals surface area (Å²) in [7, 11) is 0. The van der Waals surface area contributed by atoms with Gasteiger partial charge in [0.05, 0.1) is 6.10 Å². The third-order valence-electron chi connectivity index (χ3n) is 2.78. The van der Waals surface area contributed by atoms with Crippen LogP contribution < -0.4 is 10.8 Å². The second-order valence-electron chi connectivity index (χ2n) is 5.06. The number of aliphatic hydroxyl groups excluding tert-OH is 1. The number of hydrogen-bond donors (Lipinski definition) is 3. The number of carbonyl (C=O) groups is 1. The summed E-state index contributed by atoms with van der Waals surface area (Å²) in [6.45, 7) is 6.53. The van der Waals surface area contributed by atoms with Crippen molar-refractivity contribution in [2.75, 3.05) is 26.2 Å². The summed E-state index contributed by atoms with van der Waals surface area (Å²) in [6.07, 6.45) is 3.10. The maximum atomic E-state index is 11.2. The molecule has 0 spiro atoms. The van der Waals surface area contributed by atoms with E-state index in [1.807, 2.05) is 13.8 Å². The highest BCUT2D eigenvalue weighted by Crippen LogP contribution is 2.08. The zero-order valence-corrected chi connectivity index (χ0v) is 11.3. The van der Waals surface area contributed by atoms with Gasteiger partial charge in [-0.1, -0.05) is 6.42 Å². The molecule has 0 aromatic rings. The van der Waals surface area contributed by atoms with Crippen LogP contribution in [0.1, 0.15) is 33.1 Å². The summed E-state index contributed by atoms with van der Waals surface area (Å²) in [6, 6.07) is -0.318. The number of nitrogens with zero attached hydrogens (tertiary/aromatic N) is 1. The fraction of sp³-hybridized carbons (Fsp3) is 0.917. The summed E-state index contributed by atoms with van der Waals surface area (Å²) in [4.78, 5) is 18.4. The lowest BCUT2D eigenvalue weighted by Gasteiger charge is -2.28. The van der Waals surface area contributed by atoms with Gasteiger partial charge in [-0.05, 0) is 39.8 Å². The molecule has 6 heteroatoms. The molecule has 3 N–H and O–H groups in total. The van der Waals surface area contributed by atoms with E-state index in [1.54, 1.807) is 0 Å². The molecule has 0 bridgehead atoms. The predicted octanol–water partition coefficient (Wildman–Crippen LogP) is 0.472. The van der Waals surface area contributed by atoms with Crippen LogP contribution in [0.25, 0.3) is 0 Å². The third kappa shape index (κ3) is 6.78. The second-order valence-corrected chi connectivity index (χ2v) is 5.06. The van der Waals surface area contributed by atoms with Crippen molar-refractivity contribution in [1.82, 2.24) is 15.7 Å². The van der Waals surface area contributed by atoms with Gasteiger partial charge in [-0.25, -0.2) is 10.3 Å². The number of β-amino-alcohol motifs (C(OH)–C–C–N with tert-alkyl or cyclic N) is 1. The molecule has 1 aliphatic heterocycles. The number of aliphatic hydroxyl groups is 1. The van der Waals surface area contributed by atoms with Crippen molar-refractivity contribution >= 4 is 6.03 Å². The van der Waals surface area contributed by atoms with E-state index >= 15 is 0 Å². The van der Waals surface area contributed by atoms with Gasteiger partial charge < -0.3 is 15.3 Å². The van der Waals surface area contributed by atoms with Crippen LogP contribution in [0, 0.1) is 0 Å². The number of rotatable bonds is 6. The highest BCUT2D eigenvalue weighted by Gasteiger charge is 2.15. The number of hydroxylamine groups is 1. The molecule has 6 nitrogen and oxygen atoms in total. The molecule has 18 heavy (non-hydrogen) atoms. The lowest BCUT2D eigenvalue weighted by molar-refractivity contribution is -0.0177. The average molecular weight is 259 g/mol. The number of piperidine rings is 1. The maximum absolute atomic E-state index is 11.2. The first-order valence-electron chi connectivity index (χ1n) is 6.66. The zero-order chi connectivity index (χ0) is 13.4. The molecule has 0 aromatic heterocycles. The molecule has 0 aliphatic carbocycles. The molecule has 1 atom stereocenters. The van der Waals surface area contributed by atoms with Crippen molar-refractivity contribution in [2.45, 2.75) is 45.3 Å². The summed E-state index contributed by atoms with van der Waals surface area (Å²) >= 11 is 0. The van der Waals surface area contributed by atoms with E-state index in [9.17, 15) is 9.90 Å². The first kappa shape index (κ1) is 15.2. The number of carbonyl (C=O) groups excluding carboxylic acids is 1. The Morgan fingerprint density at radius 2 is 2.00 bits per heavy atom. The van der Waals surface area contributed by atoms with Crippen LogP contribution in [0.2, 0.25) is 0 Å². The molecule has 106 valence electrons. The topological polar surface area (TPSA) is 73.8 Å². The smallest absolute Gasteiger partial charge is 0.338 e. The van der Waals surface area contributed by atoms with Gasteiger partial charge in [-0.2, -0.15) is 0 Å². The lowest BCUT2D eigenvalue weighted by Crippen LogP contribution is -2.42. The van der Waals surface area contributed by atoms with Crippen LogP contribution in [-0.4, -0.2) is 54.4 Å². The van der Waals surface area contributed by atoms with Gasteiger partial charge in [-0.3, -0.25) is 4.84 Å². The van der Waals surface area contributed by atoms with Gasteiger partial charge in [0.25, 0.3) is 0 Å². The highest BCUT2D eigenvalue weighted by atomic mass is 16.7. The lowest BCUT2D eigenvalue weighted by atomic mass is 10.1. The monoisotopic (exact) mass is 259 g/mol. The molecule has 0 saturated carbocycles. The molecular formula is C12H25N3O3. The molecule has 1 unspecified atom stereocenters. The maximum Gasteiger partial charge on any atom is 0.338 e. The van der Waals surface area contributed by atoms with Crippen LogP contribution in [0.3, 0.4) is 0 Å². The Morgan fingerprint density at radius 3 is 2.61 bits per heavy atom. The third-order valence-corrected chi connectivity index (χ3v) is 2.78. The molecule has 1 aliphatic rings. The van der Waals surface area contributed by atoms with Gasteiger partial charge in [0.2, 0.25) is 0 Å². The van der Waals surface area contributed by atoms with E-state index < -0.39 is 6.10 Å². The van der Waals surface area contributed by atoms with Crippen LogP contribution in [0.5, 0.6) is 0 Å². The molecule has 1 heterocycles. The largest absolute Gasteiger partial charge is 0.389 e. The van der Waals surface area contributed by atoms with Crippen molar-refractivity contribution in [3.8, 4) is 0 Å². The first-order chi connectivity index (χ1) is 8.58. The van der Waals surface area contributed by atoms with E-state index in [1.165, 1.54) is 19.3 Å². The van der Waals surface area contributed by atoms with Gasteiger partial charge in [0, 0.05) is 12.6 Å². The fourth-order valence-electron chi connectivity index (χ4n) is 1.99. The number of nitrogens with one attached hydrogen (secondary N) is 2. The molecule has 0 aromatic carbocycles. The second kappa shape index (κ2) is 8.29. The minimum Gasteiger partial charge on any atom is -0.389 e. The Kier molecular flexibility index (Phi) is 7.00. The van der Waals surface area contributed by atoms with E-state index in [4.69, 9.17) is 4.84 Å². The van der Waals surface area contributed by atoms with E-state index in [0.717, 1.165) is 13.1 Å². The van der Waals surface area contributed by atoms with Crippen LogP contribution >= 0.6 is 0 Å². The summed E-state index contributed by atoms with van der Waals surface area (Å²) in [5.74, 6) is 0. The summed E-state index contributed by atoms with van der Waals surface area (Å²) in [5, 5.41) is 12.4. The van der Waals surface area contributed by atoms with E-state index in [0.29, 0.717) is 6.54 Å². The van der Waals surface area contributed by atoms with Gasteiger partial charge in [-0.15, -0.1) is 0 Å². The van der Waals surface area contributed by atoms with Crippen molar-refractivity contribution < 1.29 is 14.7 Å². The Hall–Kier alpha value is -0.850. The Bertz CT molecular complexity index is 243. The number of hydrogen-bond acceptors (Lipinski definition) is 4. The minimum atomic E-state index is -0.567. The van der Waals surface area contributed by atoms with Crippen LogP contribution in [0.4, 0.5) is 4.79 Å². The first-order valence-corrected chi connectivity index (χ1v) is 6.66. The van der Waals surface area contributed by atoms with Crippen LogP contribution in [-0.2, 0) is 4.84 Å². The predicted molar refractivity (Wildman–Crippen MR) is 69.1 cm³/mol. The SMILES string of the molecule is CC(C)NC(=O)NOCC(O)CN1CCCCC1. The quantitative estimate of drug-likeness (QED) is 0.606. The van der Waals surface area contributed by atoms with Crippen molar-refractivity contribution in [3.05, 3.63) is 0 Å². The van der Waals surface area contributed by atoms with Gasteiger partial charge in [0.15, 0.2) is 0 Å². The molecular weight excluding hydrogens is 234 g/mol. The zero-order valence-electron chi connectivity index (χ0n) is 11.3. The normalized spacial score (nSPS) is 18.7. The van der Waals surface area contributed by atoms with Crippen molar-refractivity contribution in [2.24, 2.45) is 0 Å². The number of urea groups is 1. The Balaban J connectivity index is 2.05. The van der Waals surface area contributed by atoms with Crippen molar-refractivity contribution in [3.63, 3.8) is 0 Å². The molecule has 2 amide bonds.